The van der Waals surface area contributed by atoms with Crippen molar-refractivity contribution in [3.63, 3.8) is 0 Å². The Labute approximate surface area is 102 Å². The summed E-state index contributed by atoms with van der Waals surface area (Å²) in [4.78, 5) is 8.68. The van der Waals surface area contributed by atoms with Crippen LogP contribution >= 0.6 is 0 Å². The largest absolute Gasteiger partial charge is 2.00 e. The van der Waals surface area contributed by atoms with Crippen LogP contribution in [0.5, 0.6) is 0 Å². The van der Waals surface area contributed by atoms with Gasteiger partial charge in [0.05, 0.1) is 0 Å². The summed E-state index contributed by atoms with van der Waals surface area (Å²) in [5.41, 5.74) is 0. The molecular weight excluding hydrogens is 356 g/mol. The zero-order chi connectivity index (χ0) is 7.82. The van der Waals surface area contributed by atoms with Gasteiger partial charge < -0.3 is 11.7 Å². The van der Waals surface area contributed by atoms with Crippen molar-refractivity contribution in [1.29, 1.82) is 0 Å². The minimum atomic E-state index is 0. The summed E-state index contributed by atoms with van der Waals surface area (Å²) in [6.45, 7) is 5.32. The summed E-state index contributed by atoms with van der Waals surface area (Å²) in [5.74, 6) is 0.786. The number of hydrogen-bond acceptors (Lipinski definition) is 1. The molecule has 0 heterocycles. The van der Waals surface area contributed by atoms with Crippen LogP contribution in [-0.2, 0) is 4.79 Å². The van der Waals surface area contributed by atoms with Gasteiger partial charge in [-0.1, -0.05) is 32.1 Å². The van der Waals surface area contributed by atoms with E-state index >= 15 is 0 Å². The fraction of sp³-hybridized carbons (Fsp3) is 0.778. The molecule has 1 fully saturated rings. The molecule has 1 aliphatic rings. The van der Waals surface area contributed by atoms with Crippen LogP contribution in [0.3, 0.4) is 0 Å². The van der Waals surface area contributed by atoms with Crippen LogP contribution < -0.4 is 0 Å². The summed E-state index contributed by atoms with van der Waals surface area (Å²) in [6, 6.07) is 0. The second-order valence-corrected chi connectivity index (χ2v) is 2.71. The van der Waals surface area contributed by atoms with Crippen molar-refractivity contribution in [3.8, 4) is 0 Å². The molecule has 11 heavy (non-hydrogen) atoms. The SMILES string of the molecule is C[C-]=O.[CH2-]C1CCCCC1.[Th+2]. The summed E-state index contributed by atoms with van der Waals surface area (Å²) in [7, 11) is 0. The van der Waals surface area contributed by atoms with Crippen molar-refractivity contribution < 1.29 is 44.7 Å². The summed E-state index contributed by atoms with van der Waals surface area (Å²) < 4.78 is 0. The van der Waals surface area contributed by atoms with Crippen molar-refractivity contribution in [2.75, 3.05) is 0 Å². The maximum Gasteiger partial charge on any atom is 2.00 e. The van der Waals surface area contributed by atoms with Crippen molar-refractivity contribution in [2.45, 2.75) is 39.0 Å². The topological polar surface area (TPSA) is 17.1 Å². The van der Waals surface area contributed by atoms with E-state index in [0.717, 1.165) is 5.92 Å². The molecule has 0 aromatic heterocycles. The third kappa shape index (κ3) is 11.0. The molecule has 0 aromatic carbocycles. The molecule has 1 nitrogen and oxygen atoms in total. The second kappa shape index (κ2) is 11.0. The quantitative estimate of drug-likeness (QED) is 0.598. The van der Waals surface area contributed by atoms with Crippen LogP contribution in [0.25, 0.3) is 0 Å². The van der Waals surface area contributed by atoms with Gasteiger partial charge in [-0.05, 0) is 0 Å². The van der Waals surface area contributed by atoms with Crippen molar-refractivity contribution in [1.82, 2.24) is 0 Å². The molecule has 1 rings (SSSR count). The first-order valence-corrected chi connectivity index (χ1v) is 3.93. The zero-order valence-electron chi connectivity index (χ0n) is 7.23. The fourth-order valence-corrected chi connectivity index (χ4v) is 1.19. The Balaban J connectivity index is 0. The van der Waals surface area contributed by atoms with E-state index < -0.39 is 0 Å². The summed E-state index contributed by atoms with van der Waals surface area (Å²) >= 11 is 0. The molecule has 0 unspecified atom stereocenters. The van der Waals surface area contributed by atoms with E-state index in [9.17, 15) is 0 Å². The molecular formula is C9H16OTh. The minimum Gasteiger partial charge on any atom is -0.542 e. The van der Waals surface area contributed by atoms with Gasteiger partial charge in [0, 0.05) is 0 Å². The molecule has 1 aliphatic carbocycles. The van der Waals surface area contributed by atoms with Gasteiger partial charge in [-0.2, -0.15) is 12.8 Å². The Kier molecular flexibility index (Phi) is 14.5. The van der Waals surface area contributed by atoms with E-state index in [1.807, 2.05) is 0 Å². The van der Waals surface area contributed by atoms with Gasteiger partial charge in [0.2, 0.25) is 0 Å². The Bertz CT molecular complexity index is 77.6. The monoisotopic (exact) mass is 372 g/mol. The van der Waals surface area contributed by atoms with Crippen molar-refractivity contribution in [3.05, 3.63) is 6.92 Å². The van der Waals surface area contributed by atoms with Gasteiger partial charge in [0.1, 0.15) is 0 Å². The standard InChI is InChI=1S/C7H13.C2H3O.Th/c1-7-5-3-2-4-6-7;1-2-3;/h7H,1-6H2;1H3;/q2*-1;+2. The maximum absolute atomic E-state index is 8.68. The molecule has 0 aliphatic heterocycles. The molecule has 0 radical (unpaired) electrons. The third-order valence-corrected chi connectivity index (χ3v) is 1.72. The van der Waals surface area contributed by atoms with Gasteiger partial charge in [0.25, 0.3) is 0 Å². The van der Waals surface area contributed by atoms with E-state index in [-0.39, 0.29) is 39.9 Å². The fourth-order valence-electron chi connectivity index (χ4n) is 1.19. The van der Waals surface area contributed by atoms with Gasteiger partial charge in [-0.15, -0.1) is 0 Å². The van der Waals surface area contributed by atoms with E-state index in [0.29, 0.717) is 0 Å². The van der Waals surface area contributed by atoms with Crippen LogP contribution in [0.4, 0.5) is 0 Å². The molecule has 0 aromatic rings. The minimum absolute atomic E-state index is 0. The summed E-state index contributed by atoms with van der Waals surface area (Å²) in [6.07, 6.45) is 8.55. The Morgan fingerprint density at radius 2 is 1.64 bits per heavy atom. The second-order valence-electron chi connectivity index (χ2n) is 2.71. The molecule has 0 spiro atoms. The number of hydrogen-bond donors (Lipinski definition) is 0. The van der Waals surface area contributed by atoms with Crippen LogP contribution in [-0.4, -0.2) is 6.29 Å². The molecule has 1 saturated carbocycles. The normalized spacial score (nSPS) is 17.3. The first-order valence-electron chi connectivity index (χ1n) is 3.93. The first-order chi connectivity index (χ1) is 4.81. The predicted molar refractivity (Wildman–Crippen MR) is 43.3 cm³/mol. The summed E-state index contributed by atoms with van der Waals surface area (Å²) in [5, 5.41) is 0. The van der Waals surface area contributed by atoms with Crippen molar-refractivity contribution >= 4 is 6.29 Å². The molecule has 62 valence electrons. The average molecular weight is 372 g/mol. The van der Waals surface area contributed by atoms with Gasteiger partial charge >= 0.3 is 39.9 Å². The van der Waals surface area contributed by atoms with Gasteiger partial charge in [-0.25, -0.2) is 0 Å². The van der Waals surface area contributed by atoms with E-state index in [4.69, 9.17) is 4.79 Å². The average Bonchev–Trinajstić information content (AvgIpc) is 1.91. The van der Waals surface area contributed by atoms with E-state index in [1.54, 1.807) is 0 Å². The zero-order valence-corrected chi connectivity index (χ0v) is 11.3. The number of rotatable bonds is 0. The van der Waals surface area contributed by atoms with Crippen LogP contribution in [0.2, 0.25) is 0 Å². The number of carbonyl (C=O) groups excluding carboxylic acids is 1. The van der Waals surface area contributed by atoms with Crippen LogP contribution in [0.15, 0.2) is 0 Å². The Hall–Kier alpha value is 0.995. The molecule has 0 amide bonds. The van der Waals surface area contributed by atoms with Gasteiger partial charge in [0.15, 0.2) is 0 Å². The molecule has 0 bridgehead atoms. The Morgan fingerprint density at radius 1 is 1.27 bits per heavy atom. The third-order valence-electron chi connectivity index (χ3n) is 1.72. The smallest absolute Gasteiger partial charge is 0.542 e. The van der Waals surface area contributed by atoms with Crippen LogP contribution in [0.1, 0.15) is 39.0 Å². The van der Waals surface area contributed by atoms with Gasteiger partial charge in [-0.3, -0.25) is 6.29 Å². The molecule has 0 N–H and O–H groups in total. The van der Waals surface area contributed by atoms with Crippen molar-refractivity contribution in [2.24, 2.45) is 5.92 Å². The Morgan fingerprint density at radius 3 is 1.82 bits per heavy atom. The molecule has 0 saturated heterocycles. The van der Waals surface area contributed by atoms with E-state index in [2.05, 4.69) is 6.92 Å². The first kappa shape index (κ1) is 14.5. The molecule has 0 atom stereocenters. The maximum atomic E-state index is 8.68. The predicted octanol–water partition coefficient (Wildman–Crippen LogP) is 2.52. The van der Waals surface area contributed by atoms with E-state index in [1.165, 1.54) is 45.3 Å². The van der Waals surface area contributed by atoms with Crippen LogP contribution in [0, 0.1) is 52.8 Å². The molecule has 2 heteroatoms.